The first-order chi connectivity index (χ1) is 21.9. The highest BCUT2D eigenvalue weighted by Gasteiger charge is 2.28. The Balaban J connectivity index is 2.26. The number of hydrogen-bond acceptors (Lipinski definition) is 11. The van der Waals surface area contributed by atoms with Crippen LogP contribution in [0.15, 0.2) is 36.4 Å². The van der Waals surface area contributed by atoms with Crippen LogP contribution in [0.25, 0.3) is 11.1 Å². The molecule has 0 spiro atoms. The van der Waals surface area contributed by atoms with Crippen molar-refractivity contribution >= 4 is 23.6 Å². The van der Waals surface area contributed by atoms with E-state index in [9.17, 15) is 34.5 Å². The third kappa shape index (κ3) is 12.3. The van der Waals surface area contributed by atoms with Crippen molar-refractivity contribution in [3.05, 3.63) is 47.5 Å². The molecule has 0 heterocycles. The summed E-state index contributed by atoms with van der Waals surface area (Å²) < 4.78 is 0. The van der Waals surface area contributed by atoms with Gasteiger partial charge in [-0.3, -0.25) is 19.2 Å². The molecule has 15 N–H and O–H groups in total. The van der Waals surface area contributed by atoms with E-state index in [4.69, 9.17) is 22.9 Å². The number of phenolic OH excluding ortho intramolecular Hbond substituents is 2. The van der Waals surface area contributed by atoms with E-state index < -0.39 is 47.9 Å². The predicted molar refractivity (Wildman–Crippen MR) is 173 cm³/mol. The molecule has 46 heavy (non-hydrogen) atoms. The molecule has 2 aromatic rings. The number of hydrogen-bond donors (Lipinski definition) is 11. The Labute approximate surface area is 268 Å². The van der Waals surface area contributed by atoms with E-state index in [2.05, 4.69) is 21.3 Å². The fourth-order valence-corrected chi connectivity index (χ4v) is 4.54. The molecule has 0 saturated carbocycles. The molecule has 0 fully saturated rings. The van der Waals surface area contributed by atoms with Gasteiger partial charge in [0.05, 0.1) is 18.7 Å². The van der Waals surface area contributed by atoms with Crippen molar-refractivity contribution in [2.24, 2.45) is 22.9 Å². The molecule has 0 aliphatic heterocycles. The van der Waals surface area contributed by atoms with Gasteiger partial charge >= 0.3 is 0 Å². The van der Waals surface area contributed by atoms with Gasteiger partial charge in [-0.25, -0.2) is 0 Å². The number of nitrogens with one attached hydrogen (secondary N) is 4. The predicted octanol–water partition coefficient (Wildman–Crippen LogP) is -2.06. The van der Waals surface area contributed by atoms with Gasteiger partial charge in [0.15, 0.2) is 0 Å². The SMILES string of the molecule is Cc1cc(-c2ccc(O)c(C[C@H](NC(=O)[C@H](CCCN)NC(=O)CN)C(=O)NCC(O)CNC(=O)[C@@H](N)CCCN)c2)ccc1O. The minimum atomic E-state index is -1.25. The molecular formula is C31H48N8O7. The van der Waals surface area contributed by atoms with Crippen molar-refractivity contribution in [2.75, 3.05) is 32.7 Å². The van der Waals surface area contributed by atoms with Crippen molar-refractivity contribution in [1.29, 1.82) is 0 Å². The van der Waals surface area contributed by atoms with E-state index in [0.29, 0.717) is 42.5 Å². The van der Waals surface area contributed by atoms with E-state index in [1.165, 1.54) is 6.07 Å². The lowest BCUT2D eigenvalue weighted by Gasteiger charge is -2.24. The standard InChI is InChI=1S/C31H48N8O7/c1-18-12-19(6-8-26(18)41)20-7-9-27(42)21(13-20)14-25(39-31(46)24(5-3-11-33)38-28(43)15-34)30(45)37-17-22(40)16-36-29(44)23(35)4-2-10-32/h6-9,12-13,22-25,40-42H,2-5,10-11,14-17,32-35H2,1H3,(H,36,44)(H,37,45)(H,38,43)(H,39,46)/t22?,23-,24-,25-/m0/s1. The molecule has 2 aromatic carbocycles. The molecule has 2 rings (SSSR count). The average molecular weight is 645 g/mol. The number of aliphatic hydroxyl groups is 1. The fraction of sp³-hybridized carbons (Fsp3) is 0.484. The summed E-state index contributed by atoms with van der Waals surface area (Å²) in [5.41, 5.74) is 24.7. The lowest BCUT2D eigenvalue weighted by atomic mass is 9.96. The number of aliphatic hydroxyl groups excluding tert-OH is 1. The quantitative estimate of drug-likeness (QED) is 0.0791. The molecular weight excluding hydrogens is 596 g/mol. The van der Waals surface area contributed by atoms with Gasteiger partial charge in [-0.2, -0.15) is 0 Å². The lowest BCUT2D eigenvalue weighted by Crippen LogP contribution is -2.56. The molecule has 1 unspecified atom stereocenters. The number of amides is 4. The van der Waals surface area contributed by atoms with Crippen LogP contribution in [-0.4, -0.2) is 95.9 Å². The largest absolute Gasteiger partial charge is 0.508 e. The van der Waals surface area contributed by atoms with Crippen molar-refractivity contribution < 1.29 is 34.5 Å². The topological polar surface area (TPSA) is 281 Å². The Kier molecular flexibility index (Phi) is 15.9. The molecule has 15 heteroatoms. The third-order valence-electron chi connectivity index (χ3n) is 7.28. The monoisotopic (exact) mass is 644 g/mol. The fourth-order valence-electron chi connectivity index (χ4n) is 4.54. The molecule has 0 aromatic heterocycles. The van der Waals surface area contributed by atoms with Crippen LogP contribution >= 0.6 is 0 Å². The molecule has 0 bridgehead atoms. The summed E-state index contributed by atoms with van der Waals surface area (Å²) in [6.45, 7) is 1.59. The molecule has 254 valence electrons. The maximum Gasteiger partial charge on any atom is 0.243 e. The Hall–Kier alpha value is -4.28. The number of rotatable bonds is 19. The Morgan fingerprint density at radius 2 is 1.35 bits per heavy atom. The van der Waals surface area contributed by atoms with Gasteiger partial charge in [-0.05, 0) is 92.2 Å². The summed E-state index contributed by atoms with van der Waals surface area (Å²) in [6, 6.07) is 6.75. The van der Waals surface area contributed by atoms with Crippen molar-refractivity contribution in [2.45, 2.75) is 63.3 Å². The second-order valence-electron chi connectivity index (χ2n) is 11.0. The van der Waals surface area contributed by atoms with Gasteiger partial charge in [0, 0.05) is 19.5 Å². The van der Waals surface area contributed by atoms with Gasteiger partial charge in [0.2, 0.25) is 23.6 Å². The van der Waals surface area contributed by atoms with Crippen LogP contribution < -0.4 is 44.2 Å². The van der Waals surface area contributed by atoms with Crippen LogP contribution in [0.2, 0.25) is 0 Å². The van der Waals surface area contributed by atoms with Crippen LogP contribution in [0.1, 0.15) is 36.8 Å². The number of carbonyl (C=O) groups excluding carboxylic acids is 4. The number of benzene rings is 2. The van der Waals surface area contributed by atoms with Gasteiger partial charge < -0.3 is 59.5 Å². The molecule has 0 aliphatic rings. The van der Waals surface area contributed by atoms with Crippen molar-refractivity contribution in [3.63, 3.8) is 0 Å². The van der Waals surface area contributed by atoms with Crippen LogP contribution in [0.5, 0.6) is 11.5 Å². The number of aromatic hydroxyl groups is 2. The molecule has 0 radical (unpaired) electrons. The van der Waals surface area contributed by atoms with Crippen molar-refractivity contribution in [1.82, 2.24) is 21.3 Å². The first-order valence-corrected chi connectivity index (χ1v) is 15.2. The summed E-state index contributed by atoms with van der Waals surface area (Å²) in [5, 5.41) is 41.3. The van der Waals surface area contributed by atoms with Gasteiger partial charge in [-0.1, -0.05) is 12.1 Å². The van der Waals surface area contributed by atoms with E-state index in [-0.39, 0.29) is 50.5 Å². The molecule has 15 nitrogen and oxygen atoms in total. The van der Waals surface area contributed by atoms with Crippen LogP contribution in [-0.2, 0) is 25.6 Å². The highest BCUT2D eigenvalue weighted by atomic mass is 16.3. The normalized spacial score (nSPS) is 13.6. The summed E-state index contributed by atoms with van der Waals surface area (Å²) in [5.74, 6) is -2.39. The van der Waals surface area contributed by atoms with E-state index >= 15 is 0 Å². The maximum atomic E-state index is 13.4. The number of phenols is 2. The Morgan fingerprint density at radius 3 is 1.96 bits per heavy atom. The Bertz CT molecular complexity index is 1330. The summed E-state index contributed by atoms with van der Waals surface area (Å²) in [4.78, 5) is 50.9. The summed E-state index contributed by atoms with van der Waals surface area (Å²) >= 11 is 0. The first kappa shape index (κ1) is 37.9. The van der Waals surface area contributed by atoms with Gasteiger partial charge in [-0.15, -0.1) is 0 Å². The number of aryl methyl sites for hydroxylation is 1. The first-order valence-electron chi connectivity index (χ1n) is 15.2. The highest BCUT2D eigenvalue weighted by molar-refractivity contribution is 5.92. The van der Waals surface area contributed by atoms with E-state index in [1.54, 1.807) is 37.3 Å². The zero-order valence-corrected chi connectivity index (χ0v) is 26.1. The average Bonchev–Trinajstić information content (AvgIpc) is 3.04. The van der Waals surface area contributed by atoms with Crippen LogP contribution in [0, 0.1) is 6.92 Å². The van der Waals surface area contributed by atoms with Crippen LogP contribution in [0.4, 0.5) is 0 Å². The second kappa shape index (κ2) is 19.3. The summed E-state index contributed by atoms with van der Waals surface area (Å²) in [7, 11) is 0. The molecule has 0 aliphatic carbocycles. The Morgan fingerprint density at radius 1 is 0.761 bits per heavy atom. The van der Waals surface area contributed by atoms with E-state index in [1.807, 2.05) is 0 Å². The van der Waals surface area contributed by atoms with Gasteiger partial charge in [0.25, 0.3) is 0 Å². The smallest absolute Gasteiger partial charge is 0.243 e. The zero-order chi connectivity index (χ0) is 34.2. The highest BCUT2D eigenvalue weighted by Crippen LogP contribution is 2.29. The third-order valence-corrected chi connectivity index (χ3v) is 7.28. The summed E-state index contributed by atoms with van der Waals surface area (Å²) in [6.07, 6.45) is 0.204. The molecule has 0 saturated heterocycles. The molecule has 4 atom stereocenters. The van der Waals surface area contributed by atoms with Gasteiger partial charge in [0.1, 0.15) is 23.6 Å². The minimum absolute atomic E-state index is 0.129. The van der Waals surface area contributed by atoms with Crippen molar-refractivity contribution in [3.8, 4) is 22.6 Å². The second-order valence-corrected chi connectivity index (χ2v) is 11.0. The lowest BCUT2D eigenvalue weighted by molar-refractivity contribution is -0.132. The zero-order valence-electron chi connectivity index (χ0n) is 26.1. The van der Waals surface area contributed by atoms with Crippen LogP contribution in [0.3, 0.4) is 0 Å². The van der Waals surface area contributed by atoms with E-state index in [0.717, 1.165) is 5.56 Å². The minimum Gasteiger partial charge on any atom is -0.508 e. The maximum absolute atomic E-state index is 13.4. The number of carbonyl (C=O) groups is 4. The number of nitrogens with two attached hydrogens (primary N) is 4. The molecule has 4 amide bonds.